The van der Waals surface area contributed by atoms with Gasteiger partial charge in [-0.05, 0) is 18.2 Å². The number of halogens is 1. The molecule has 0 fully saturated rings. The Morgan fingerprint density at radius 2 is 2.14 bits per heavy atom. The van der Waals surface area contributed by atoms with Gasteiger partial charge in [0.15, 0.2) is 0 Å². The van der Waals surface area contributed by atoms with E-state index in [1.807, 2.05) is 4.98 Å². The Hall–Kier alpha value is -1.75. The standard InChI is InChI=1S/C8H5ClN2O3/c9-5-2-1-3-6(4-5)11-7(12)10-8(13)14-11/h1-4H,(H,10,12,13). The maximum absolute atomic E-state index is 11.1. The first-order valence-electron chi connectivity index (χ1n) is 3.75. The molecule has 6 heteroatoms. The van der Waals surface area contributed by atoms with Gasteiger partial charge in [0.25, 0.3) is 0 Å². The molecule has 5 nitrogen and oxygen atoms in total. The van der Waals surface area contributed by atoms with E-state index in [1.54, 1.807) is 18.2 Å². The van der Waals surface area contributed by atoms with Crippen molar-refractivity contribution in [2.75, 3.05) is 0 Å². The Morgan fingerprint density at radius 1 is 1.36 bits per heavy atom. The van der Waals surface area contributed by atoms with Gasteiger partial charge in [-0.15, -0.1) is 4.74 Å². The van der Waals surface area contributed by atoms with Crippen molar-refractivity contribution in [3.05, 3.63) is 50.3 Å². The average molecular weight is 213 g/mol. The highest BCUT2D eigenvalue weighted by Gasteiger charge is 2.04. The van der Waals surface area contributed by atoms with Crippen molar-refractivity contribution in [1.29, 1.82) is 0 Å². The summed E-state index contributed by atoms with van der Waals surface area (Å²) < 4.78 is 5.43. The summed E-state index contributed by atoms with van der Waals surface area (Å²) in [6.07, 6.45) is 0. The Kier molecular flexibility index (Phi) is 2.01. The lowest BCUT2D eigenvalue weighted by atomic mass is 10.3. The molecule has 0 amide bonds. The predicted molar refractivity (Wildman–Crippen MR) is 49.9 cm³/mol. The van der Waals surface area contributed by atoms with Crippen LogP contribution in [-0.4, -0.2) is 9.72 Å². The van der Waals surface area contributed by atoms with E-state index >= 15 is 0 Å². The van der Waals surface area contributed by atoms with Crippen LogP contribution in [0.5, 0.6) is 0 Å². The highest BCUT2D eigenvalue weighted by atomic mass is 35.5. The lowest BCUT2D eigenvalue weighted by molar-refractivity contribution is 0.315. The van der Waals surface area contributed by atoms with Crippen molar-refractivity contribution in [3.8, 4) is 5.69 Å². The second-order valence-electron chi connectivity index (χ2n) is 2.58. The van der Waals surface area contributed by atoms with Crippen molar-refractivity contribution >= 4 is 11.6 Å². The molecule has 1 N–H and O–H groups in total. The molecule has 0 saturated heterocycles. The largest absolute Gasteiger partial charge is 0.440 e. The van der Waals surface area contributed by atoms with Gasteiger partial charge in [0.1, 0.15) is 0 Å². The second kappa shape index (κ2) is 3.19. The van der Waals surface area contributed by atoms with Gasteiger partial charge >= 0.3 is 11.4 Å². The van der Waals surface area contributed by atoms with Crippen LogP contribution in [0.15, 0.2) is 38.4 Å². The van der Waals surface area contributed by atoms with E-state index in [0.717, 1.165) is 4.74 Å². The smallest absolute Gasteiger partial charge is 0.312 e. The SMILES string of the molecule is O=c1[nH]c(=O)n(-c2cccc(Cl)c2)o1. The van der Waals surface area contributed by atoms with Gasteiger partial charge in [-0.25, -0.2) is 14.6 Å². The van der Waals surface area contributed by atoms with Crippen LogP contribution in [0.4, 0.5) is 0 Å². The molecule has 0 bridgehead atoms. The summed E-state index contributed by atoms with van der Waals surface area (Å²) in [4.78, 5) is 23.8. The van der Waals surface area contributed by atoms with Crippen LogP contribution in [0.2, 0.25) is 5.02 Å². The zero-order valence-corrected chi connectivity index (χ0v) is 7.62. The molecule has 0 radical (unpaired) electrons. The number of benzene rings is 1. The van der Waals surface area contributed by atoms with Crippen molar-refractivity contribution < 1.29 is 4.52 Å². The molecule has 0 spiro atoms. The molecule has 1 aromatic carbocycles. The molecule has 0 aliphatic rings. The molecule has 2 rings (SSSR count). The van der Waals surface area contributed by atoms with E-state index in [-0.39, 0.29) is 0 Å². The molecule has 2 aromatic rings. The third-order valence-electron chi connectivity index (χ3n) is 1.61. The molecule has 0 unspecified atom stereocenters. The van der Waals surface area contributed by atoms with Crippen molar-refractivity contribution in [3.63, 3.8) is 0 Å². The van der Waals surface area contributed by atoms with E-state index in [9.17, 15) is 9.59 Å². The van der Waals surface area contributed by atoms with Gasteiger partial charge in [-0.3, -0.25) is 0 Å². The fourth-order valence-electron chi connectivity index (χ4n) is 1.06. The molecule has 0 saturated carbocycles. The van der Waals surface area contributed by atoms with Gasteiger partial charge in [-0.1, -0.05) is 17.7 Å². The van der Waals surface area contributed by atoms with Crippen LogP contribution in [0.1, 0.15) is 0 Å². The lowest BCUT2D eigenvalue weighted by Gasteiger charge is -1.97. The van der Waals surface area contributed by atoms with Crippen molar-refractivity contribution in [2.45, 2.75) is 0 Å². The summed E-state index contributed by atoms with van der Waals surface area (Å²) in [7, 11) is 0. The monoisotopic (exact) mass is 212 g/mol. The van der Waals surface area contributed by atoms with Gasteiger partial charge in [0.05, 0.1) is 5.69 Å². The van der Waals surface area contributed by atoms with E-state index in [4.69, 9.17) is 11.6 Å². The molecule has 0 aliphatic carbocycles. The Morgan fingerprint density at radius 3 is 2.71 bits per heavy atom. The number of hydrogen-bond donors (Lipinski definition) is 1. The Balaban J connectivity index is 2.66. The molecule has 0 atom stereocenters. The highest BCUT2D eigenvalue weighted by molar-refractivity contribution is 6.30. The first-order valence-corrected chi connectivity index (χ1v) is 4.13. The van der Waals surface area contributed by atoms with Crippen molar-refractivity contribution in [1.82, 2.24) is 9.72 Å². The third-order valence-corrected chi connectivity index (χ3v) is 1.85. The van der Waals surface area contributed by atoms with E-state index in [2.05, 4.69) is 4.52 Å². The maximum atomic E-state index is 11.1. The summed E-state index contributed by atoms with van der Waals surface area (Å²) >= 11 is 5.71. The van der Waals surface area contributed by atoms with Crippen LogP contribution >= 0.6 is 11.6 Å². The topological polar surface area (TPSA) is 68.0 Å². The van der Waals surface area contributed by atoms with Crippen molar-refractivity contribution in [2.24, 2.45) is 0 Å². The van der Waals surface area contributed by atoms with Crippen LogP contribution < -0.4 is 11.4 Å². The minimum absolute atomic E-state index is 0.404. The molecule has 14 heavy (non-hydrogen) atoms. The number of aromatic amines is 1. The zero-order valence-electron chi connectivity index (χ0n) is 6.86. The van der Waals surface area contributed by atoms with Crippen LogP contribution in [0.3, 0.4) is 0 Å². The summed E-state index contributed by atoms with van der Waals surface area (Å²) in [6, 6.07) is 6.42. The Labute approximate surface area is 82.5 Å². The van der Waals surface area contributed by atoms with Crippen LogP contribution in [0.25, 0.3) is 5.69 Å². The number of aromatic nitrogens is 2. The zero-order chi connectivity index (χ0) is 10.1. The normalized spacial score (nSPS) is 10.4. The number of nitrogens with one attached hydrogen (secondary N) is 1. The van der Waals surface area contributed by atoms with Gasteiger partial charge in [0.2, 0.25) is 0 Å². The van der Waals surface area contributed by atoms with Gasteiger partial charge in [-0.2, -0.15) is 0 Å². The number of nitrogens with zero attached hydrogens (tertiary/aromatic N) is 1. The van der Waals surface area contributed by atoms with E-state index in [0.29, 0.717) is 10.7 Å². The summed E-state index contributed by atoms with van der Waals surface area (Å²) in [5.74, 6) is -0.796. The fraction of sp³-hybridized carbons (Fsp3) is 0. The van der Waals surface area contributed by atoms with E-state index < -0.39 is 11.4 Å². The molecule has 72 valence electrons. The fourth-order valence-corrected chi connectivity index (χ4v) is 1.24. The molecule has 1 heterocycles. The average Bonchev–Trinajstić information content (AvgIpc) is 2.45. The van der Waals surface area contributed by atoms with E-state index in [1.165, 1.54) is 6.07 Å². The molecule has 1 aromatic heterocycles. The summed E-state index contributed by atoms with van der Waals surface area (Å²) in [6.45, 7) is 0. The number of H-pyrrole nitrogens is 1. The Bertz CT molecular complexity index is 566. The summed E-state index contributed by atoms with van der Waals surface area (Å²) in [5, 5.41) is 0.457. The predicted octanol–water partition coefficient (Wildman–Crippen LogP) is 0.772. The lowest BCUT2D eigenvalue weighted by Crippen LogP contribution is -2.14. The van der Waals surface area contributed by atoms with Crippen LogP contribution in [0, 0.1) is 0 Å². The number of rotatable bonds is 1. The third kappa shape index (κ3) is 1.49. The maximum Gasteiger partial charge on any atom is 0.440 e. The van der Waals surface area contributed by atoms with Gasteiger partial charge < -0.3 is 4.52 Å². The first kappa shape index (κ1) is 8.83. The molecular formula is C8H5ClN2O3. The minimum atomic E-state index is -0.796. The highest BCUT2D eigenvalue weighted by Crippen LogP contribution is 2.12. The van der Waals surface area contributed by atoms with Crippen LogP contribution in [-0.2, 0) is 0 Å². The number of hydrogen-bond acceptors (Lipinski definition) is 3. The second-order valence-corrected chi connectivity index (χ2v) is 3.02. The molecular weight excluding hydrogens is 208 g/mol. The van der Waals surface area contributed by atoms with Gasteiger partial charge in [0, 0.05) is 5.02 Å². The summed E-state index contributed by atoms with van der Waals surface area (Å²) in [5.41, 5.74) is -0.224. The minimum Gasteiger partial charge on any atom is -0.312 e. The first-order chi connectivity index (χ1) is 6.66. The molecule has 0 aliphatic heterocycles. The quantitative estimate of drug-likeness (QED) is 0.759.